The third kappa shape index (κ3) is 66.7. The lowest BCUT2D eigenvalue weighted by Gasteiger charge is -2.21. The zero-order chi connectivity index (χ0) is 68.2. The summed E-state index contributed by atoms with van der Waals surface area (Å²) in [6.45, 7) is 14.1. The molecule has 0 amide bonds. The maximum Gasteiger partial charge on any atom is 0.472 e. The summed E-state index contributed by atoms with van der Waals surface area (Å²) >= 11 is 0. The quantitative estimate of drug-likeness (QED) is 0.0222. The molecule has 0 radical (unpaired) electrons. The Hall–Kier alpha value is -1.94. The van der Waals surface area contributed by atoms with Gasteiger partial charge in [-0.3, -0.25) is 37.3 Å². The Kier molecular flexibility index (Phi) is 61.3. The number of carbonyl (C=O) groups excluding carboxylic acids is 4. The Morgan fingerprint density at radius 2 is 0.457 bits per heavy atom. The molecule has 19 heteroatoms. The number of hydrogen-bond acceptors (Lipinski definition) is 15. The highest BCUT2D eigenvalue weighted by atomic mass is 31.2. The molecular formula is C73H142O17P2. The monoisotopic (exact) mass is 1350 g/mol. The molecule has 0 spiro atoms. The number of rotatable bonds is 70. The minimum Gasteiger partial charge on any atom is -0.462 e. The molecule has 0 aliphatic carbocycles. The number of phosphoric ester groups is 2. The van der Waals surface area contributed by atoms with E-state index >= 15 is 0 Å². The molecule has 546 valence electrons. The second-order valence-electron chi connectivity index (χ2n) is 28.2. The van der Waals surface area contributed by atoms with Crippen molar-refractivity contribution in [3.05, 3.63) is 0 Å². The summed E-state index contributed by atoms with van der Waals surface area (Å²) in [6.07, 6.45) is 46.0. The Morgan fingerprint density at radius 1 is 0.272 bits per heavy atom. The molecule has 3 N–H and O–H groups in total. The lowest BCUT2D eigenvalue weighted by molar-refractivity contribution is -0.161. The van der Waals surface area contributed by atoms with Crippen LogP contribution in [0.4, 0.5) is 0 Å². The van der Waals surface area contributed by atoms with E-state index in [9.17, 15) is 43.2 Å². The van der Waals surface area contributed by atoms with E-state index in [1.807, 2.05) is 0 Å². The van der Waals surface area contributed by atoms with Crippen molar-refractivity contribution in [2.45, 2.75) is 382 Å². The van der Waals surface area contributed by atoms with Crippen LogP contribution >= 0.6 is 15.6 Å². The minimum atomic E-state index is -4.96. The van der Waals surface area contributed by atoms with Crippen molar-refractivity contribution in [1.29, 1.82) is 0 Å². The first-order valence-electron chi connectivity index (χ1n) is 37.7. The molecule has 0 aliphatic heterocycles. The van der Waals surface area contributed by atoms with Crippen molar-refractivity contribution in [1.82, 2.24) is 0 Å². The van der Waals surface area contributed by atoms with E-state index in [1.54, 1.807) is 0 Å². The second-order valence-corrected chi connectivity index (χ2v) is 31.1. The molecule has 17 nitrogen and oxygen atoms in total. The lowest BCUT2D eigenvalue weighted by Crippen LogP contribution is -2.30. The highest BCUT2D eigenvalue weighted by Gasteiger charge is 2.30. The Balaban J connectivity index is 5.23. The summed E-state index contributed by atoms with van der Waals surface area (Å²) in [6, 6.07) is 0. The van der Waals surface area contributed by atoms with Crippen molar-refractivity contribution in [2.24, 2.45) is 23.7 Å². The van der Waals surface area contributed by atoms with Gasteiger partial charge in [-0.25, -0.2) is 9.13 Å². The molecule has 92 heavy (non-hydrogen) atoms. The van der Waals surface area contributed by atoms with Crippen LogP contribution in [0.1, 0.15) is 364 Å². The van der Waals surface area contributed by atoms with E-state index in [0.717, 1.165) is 108 Å². The van der Waals surface area contributed by atoms with Crippen molar-refractivity contribution < 1.29 is 80.2 Å². The molecule has 3 unspecified atom stereocenters. The van der Waals surface area contributed by atoms with Gasteiger partial charge in [-0.05, 0) is 49.4 Å². The zero-order valence-electron chi connectivity index (χ0n) is 60.2. The number of aliphatic hydroxyl groups is 1. The van der Waals surface area contributed by atoms with Gasteiger partial charge < -0.3 is 33.8 Å². The average molecular weight is 1350 g/mol. The van der Waals surface area contributed by atoms with Crippen LogP contribution < -0.4 is 0 Å². The first kappa shape index (κ1) is 90.1. The Labute approximate surface area is 562 Å². The molecule has 0 aliphatic rings. The SMILES string of the molecule is CC(C)CCCCCCCCCCCCCCCCCC(=O)O[C@H](COC(=O)CCCCCCCCCCCCCC(C)C)COP(=O)(O)OCC(O)COP(=O)(O)OC[C@@H](COC(=O)CCCCCCCCCC(C)C)OC(=O)CCCCCCCCCC(C)C. The van der Waals surface area contributed by atoms with Crippen molar-refractivity contribution >= 4 is 39.5 Å². The van der Waals surface area contributed by atoms with Gasteiger partial charge in [-0.15, -0.1) is 0 Å². The summed E-state index contributed by atoms with van der Waals surface area (Å²) in [5.41, 5.74) is 0. The topological polar surface area (TPSA) is 237 Å². The van der Waals surface area contributed by atoms with Crippen LogP contribution in [0.15, 0.2) is 0 Å². The number of unbranched alkanes of at least 4 members (excludes halogenated alkanes) is 36. The third-order valence-corrected chi connectivity index (χ3v) is 18.7. The van der Waals surface area contributed by atoms with Gasteiger partial charge in [0.2, 0.25) is 0 Å². The second kappa shape index (κ2) is 62.6. The number of aliphatic hydroxyl groups excluding tert-OH is 1. The highest BCUT2D eigenvalue weighted by Crippen LogP contribution is 2.45. The lowest BCUT2D eigenvalue weighted by atomic mass is 10.0. The van der Waals surface area contributed by atoms with Crippen LogP contribution in [0.5, 0.6) is 0 Å². The summed E-state index contributed by atoms with van der Waals surface area (Å²) in [5, 5.41) is 10.6. The van der Waals surface area contributed by atoms with Gasteiger partial charge in [-0.2, -0.15) is 0 Å². The highest BCUT2D eigenvalue weighted by molar-refractivity contribution is 7.47. The van der Waals surface area contributed by atoms with Crippen LogP contribution in [0, 0.1) is 23.7 Å². The fourth-order valence-corrected chi connectivity index (χ4v) is 12.6. The van der Waals surface area contributed by atoms with Crippen molar-refractivity contribution in [2.75, 3.05) is 39.6 Å². The predicted molar refractivity (Wildman–Crippen MR) is 372 cm³/mol. The molecule has 0 saturated carbocycles. The molecule has 5 atom stereocenters. The van der Waals surface area contributed by atoms with Gasteiger partial charge >= 0.3 is 39.5 Å². The fraction of sp³-hybridized carbons (Fsp3) is 0.945. The van der Waals surface area contributed by atoms with Gasteiger partial charge in [0, 0.05) is 25.7 Å². The molecule has 0 aromatic heterocycles. The van der Waals surface area contributed by atoms with E-state index in [4.69, 9.17) is 37.0 Å². The number of hydrogen-bond donors (Lipinski definition) is 3. The van der Waals surface area contributed by atoms with Gasteiger partial charge in [0.05, 0.1) is 26.4 Å². The van der Waals surface area contributed by atoms with Crippen LogP contribution in [0.25, 0.3) is 0 Å². The zero-order valence-corrected chi connectivity index (χ0v) is 62.0. The summed E-state index contributed by atoms with van der Waals surface area (Å²) in [4.78, 5) is 72.6. The Bertz CT molecular complexity index is 1820. The number of carbonyl (C=O) groups is 4. The van der Waals surface area contributed by atoms with E-state index < -0.39 is 97.5 Å². The average Bonchev–Trinajstić information content (AvgIpc) is 2.25. The normalized spacial score (nSPS) is 14.2. The summed E-state index contributed by atoms with van der Waals surface area (Å²) in [5.74, 6) is 0.847. The molecule has 0 fully saturated rings. The predicted octanol–water partition coefficient (Wildman–Crippen LogP) is 20.9. The smallest absolute Gasteiger partial charge is 0.462 e. The molecule has 0 aromatic rings. The van der Waals surface area contributed by atoms with E-state index in [2.05, 4.69) is 55.4 Å². The molecule has 0 saturated heterocycles. The number of phosphoric acid groups is 2. The van der Waals surface area contributed by atoms with Gasteiger partial charge in [0.15, 0.2) is 12.2 Å². The molecule has 0 rings (SSSR count). The largest absolute Gasteiger partial charge is 0.472 e. The van der Waals surface area contributed by atoms with E-state index in [1.165, 1.54) is 161 Å². The summed E-state index contributed by atoms with van der Waals surface area (Å²) < 4.78 is 68.4. The maximum absolute atomic E-state index is 13.1. The van der Waals surface area contributed by atoms with Crippen molar-refractivity contribution in [3.8, 4) is 0 Å². The van der Waals surface area contributed by atoms with E-state index in [-0.39, 0.29) is 25.7 Å². The Morgan fingerprint density at radius 3 is 0.674 bits per heavy atom. The maximum atomic E-state index is 13.1. The van der Waals surface area contributed by atoms with Gasteiger partial charge in [0.25, 0.3) is 0 Å². The third-order valence-electron chi connectivity index (χ3n) is 16.8. The molecule has 0 heterocycles. The minimum absolute atomic E-state index is 0.102. The first-order valence-corrected chi connectivity index (χ1v) is 40.7. The van der Waals surface area contributed by atoms with Crippen LogP contribution in [-0.4, -0.2) is 96.7 Å². The van der Waals surface area contributed by atoms with Crippen LogP contribution in [0.2, 0.25) is 0 Å². The van der Waals surface area contributed by atoms with Gasteiger partial charge in [0.1, 0.15) is 19.3 Å². The van der Waals surface area contributed by atoms with Crippen LogP contribution in [0.3, 0.4) is 0 Å². The number of esters is 4. The van der Waals surface area contributed by atoms with Crippen LogP contribution in [-0.2, 0) is 65.4 Å². The standard InChI is InChI=1S/C73H142O17P2/c1-63(2)49-41-33-25-19-15-12-10-9-11-13-17-22-30-39-47-55-72(77)89-68(59-83-70(75)53-45-37-29-21-18-14-16-20-26-34-42-50-64(3)4)61-87-91(79,80)85-57-67(74)58-86-92(81,82)88-62-69(90-73(78)56-48-40-32-24-28-36-44-52-66(7)8)60-84-71(76)54-46-38-31-23-27-35-43-51-65(5)6/h63-69,74H,9-62H2,1-8H3,(H,79,80)(H,81,82)/t67?,68-,69-/m1/s1. The molecule has 0 aromatic carbocycles. The molecular weight excluding hydrogens is 1210 g/mol. The van der Waals surface area contributed by atoms with E-state index in [0.29, 0.717) is 37.5 Å². The number of ether oxygens (including phenoxy) is 4. The summed E-state index contributed by atoms with van der Waals surface area (Å²) in [7, 11) is -9.91. The van der Waals surface area contributed by atoms with Gasteiger partial charge in [-0.1, -0.05) is 312 Å². The first-order chi connectivity index (χ1) is 44.1. The van der Waals surface area contributed by atoms with Crippen molar-refractivity contribution in [3.63, 3.8) is 0 Å². The fourth-order valence-electron chi connectivity index (χ4n) is 11.0. The molecule has 0 bridgehead atoms.